The Kier molecular flexibility index (Phi) is 10.8. The zero-order chi connectivity index (χ0) is 37.3. The molecule has 0 saturated carbocycles. The van der Waals surface area contributed by atoms with Gasteiger partial charge < -0.3 is 24.4 Å². The first-order valence-electron chi connectivity index (χ1n) is 18.5. The lowest BCUT2D eigenvalue weighted by Gasteiger charge is -2.43. The van der Waals surface area contributed by atoms with E-state index in [9.17, 15) is 24.3 Å². The summed E-state index contributed by atoms with van der Waals surface area (Å²) in [6, 6.07) is 20.7. The predicted molar refractivity (Wildman–Crippen MR) is 201 cm³/mol. The summed E-state index contributed by atoms with van der Waals surface area (Å²) in [5, 5.41) is 11.9. The number of imide groups is 2. The van der Waals surface area contributed by atoms with Crippen molar-refractivity contribution in [1.82, 2.24) is 15.1 Å². The number of aliphatic hydroxyl groups excluding tert-OH is 1. The second kappa shape index (κ2) is 15.5. The molecule has 0 radical (unpaired) electrons. The highest BCUT2D eigenvalue weighted by molar-refractivity contribution is 6.23. The number of rotatable bonds is 13. The Morgan fingerprint density at radius 1 is 0.830 bits per heavy atom. The maximum absolute atomic E-state index is 13.3. The number of aliphatic hydroxyl groups is 1. The Morgan fingerprint density at radius 3 is 2.08 bits per heavy atom. The highest BCUT2D eigenvalue weighted by Crippen LogP contribution is 2.35. The van der Waals surface area contributed by atoms with Gasteiger partial charge in [-0.1, -0.05) is 38.1 Å². The van der Waals surface area contributed by atoms with Gasteiger partial charge in [-0.2, -0.15) is 0 Å². The molecule has 3 fully saturated rings. The Labute approximate surface area is 315 Å². The van der Waals surface area contributed by atoms with Gasteiger partial charge in [0, 0.05) is 56.2 Å². The molecule has 0 spiro atoms. The highest BCUT2D eigenvalue weighted by Gasteiger charge is 2.45. The molecular formula is C41H47ClN4O7. The maximum atomic E-state index is 13.3. The van der Waals surface area contributed by atoms with E-state index in [0.29, 0.717) is 35.3 Å². The molecule has 1 unspecified atom stereocenters. The van der Waals surface area contributed by atoms with E-state index in [0.717, 1.165) is 67.5 Å². The minimum absolute atomic E-state index is 0.101. The van der Waals surface area contributed by atoms with Crippen LogP contribution >= 0.6 is 11.6 Å². The number of hydrogen-bond acceptors (Lipinski definition) is 9. The lowest BCUT2D eigenvalue weighted by molar-refractivity contribution is -0.136. The zero-order valence-electron chi connectivity index (χ0n) is 30.3. The second-order valence-corrected chi connectivity index (χ2v) is 15.6. The van der Waals surface area contributed by atoms with E-state index < -0.39 is 29.9 Å². The minimum atomic E-state index is -0.960. The molecule has 2 N–H and O–H groups in total. The summed E-state index contributed by atoms with van der Waals surface area (Å²) in [6.07, 6.45) is 1.65. The van der Waals surface area contributed by atoms with Crippen molar-refractivity contribution in [2.24, 2.45) is 11.8 Å². The molecule has 2 atom stereocenters. The monoisotopic (exact) mass is 742 g/mol. The summed E-state index contributed by atoms with van der Waals surface area (Å²) in [4.78, 5) is 56.1. The van der Waals surface area contributed by atoms with Gasteiger partial charge in [-0.3, -0.25) is 29.4 Å². The number of likely N-dealkylation sites (tertiary alicyclic amines) is 1. The van der Waals surface area contributed by atoms with Crippen LogP contribution in [-0.2, 0) is 15.0 Å². The molecule has 280 valence electrons. The van der Waals surface area contributed by atoms with Gasteiger partial charge in [-0.25, -0.2) is 0 Å². The van der Waals surface area contributed by atoms with Crippen molar-refractivity contribution >= 4 is 40.9 Å². The average Bonchev–Trinajstić information content (AvgIpc) is 3.40. The van der Waals surface area contributed by atoms with Crippen LogP contribution in [0.15, 0.2) is 66.7 Å². The normalized spacial score (nSPS) is 20.6. The van der Waals surface area contributed by atoms with Crippen molar-refractivity contribution in [1.29, 1.82) is 0 Å². The molecule has 0 aromatic heterocycles. The van der Waals surface area contributed by atoms with Gasteiger partial charge in [-0.15, -0.1) is 11.6 Å². The Morgan fingerprint density at radius 2 is 1.45 bits per heavy atom. The van der Waals surface area contributed by atoms with Crippen molar-refractivity contribution in [3.8, 4) is 11.5 Å². The molecule has 7 rings (SSSR count). The molecule has 0 bridgehead atoms. The van der Waals surface area contributed by atoms with Crippen molar-refractivity contribution in [2.75, 3.05) is 56.7 Å². The molecule has 3 saturated heterocycles. The molecule has 3 aromatic rings. The second-order valence-electron chi connectivity index (χ2n) is 15.3. The van der Waals surface area contributed by atoms with E-state index in [1.807, 2.05) is 18.2 Å². The molecular weight excluding hydrogens is 696 g/mol. The van der Waals surface area contributed by atoms with Gasteiger partial charge >= 0.3 is 0 Å². The van der Waals surface area contributed by atoms with Gasteiger partial charge in [0.1, 0.15) is 30.3 Å². The van der Waals surface area contributed by atoms with Gasteiger partial charge in [0.15, 0.2) is 0 Å². The number of benzene rings is 3. The van der Waals surface area contributed by atoms with E-state index in [4.69, 9.17) is 21.1 Å². The highest BCUT2D eigenvalue weighted by atomic mass is 35.5. The Bertz CT molecular complexity index is 1840. The van der Waals surface area contributed by atoms with Crippen LogP contribution in [0.4, 0.5) is 5.69 Å². The predicted octanol–water partition coefficient (Wildman–Crippen LogP) is 4.62. The van der Waals surface area contributed by atoms with E-state index in [-0.39, 0.29) is 36.7 Å². The van der Waals surface area contributed by atoms with E-state index in [1.165, 1.54) is 5.56 Å². The molecule has 4 heterocycles. The number of nitrogens with zero attached hydrogens (tertiary/aromatic N) is 3. The minimum Gasteiger partial charge on any atom is -0.493 e. The number of hydrogen-bond donors (Lipinski definition) is 2. The first kappa shape index (κ1) is 36.9. The Balaban J connectivity index is 0.830. The summed E-state index contributed by atoms with van der Waals surface area (Å²) >= 11 is 5.66. The Hall–Kier alpha value is -4.45. The van der Waals surface area contributed by atoms with Crippen LogP contribution in [0, 0.1) is 11.8 Å². The first-order valence-corrected chi connectivity index (χ1v) is 19.1. The molecule has 4 amide bonds. The van der Waals surface area contributed by atoms with Gasteiger partial charge in [0.25, 0.3) is 11.8 Å². The fourth-order valence-electron chi connectivity index (χ4n) is 7.88. The molecule has 11 nitrogen and oxygen atoms in total. The van der Waals surface area contributed by atoms with Crippen LogP contribution in [0.1, 0.15) is 71.4 Å². The quantitative estimate of drug-likeness (QED) is 0.191. The molecule has 0 aliphatic carbocycles. The number of carbonyl (C=O) groups excluding carboxylic acids is 4. The van der Waals surface area contributed by atoms with Crippen LogP contribution in [-0.4, -0.2) is 102 Å². The average molecular weight is 743 g/mol. The van der Waals surface area contributed by atoms with Crippen LogP contribution in [0.2, 0.25) is 0 Å². The standard InChI is InChI=1S/C41H47ClN4O7/c1-41(2,29-5-10-33(11-6-29)53-25-31(47)20-42)28-3-8-32(9-4-28)52-24-27-22-44(23-27)21-26-15-17-45(18-16-26)30-7-12-34-35(19-30)40(51)46(39(34)50)36-13-14-37(48)43-38(36)49/h3-12,19,26-27,31,36,47H,13-18,20-25H2,1-2H3,(H,43,48,49)/t31-,36?/m1/s1. The van der Waals surface area contributed by atoms with Crippen molar-refractivity contribution in [2.45, 2.75) is 57.1 Å². The van der Waals surface area contributed by atoms with E-state index in [2.05, 4.69) is 65.4 Å². The van der Waals surface area contributed by atoms with Crippen LogP contribution < -0.4 is 19.7 Å². The maximum Gasteiger partial charge on any atom is 0.262 e. The van der Waals surface area contributed by atoms with Gasteiger partial charge in [-0.05, 0) is 78.8 Å². The number of fused-ring (bicyclic) bond motifs is 1. The van der Waals surface area contributed by atoms with Gasteiger partial charge in [0.05, 0.1) is 23.6 Å². The first-order chi connectivity index (χ1) is 25.5. The zero-order valence-corrected chi connectivity index (χ0v) is 31.0. The summed E-state index contributed by atoms with van der Waals surface area (Å²) < 4.78 is 11.8. The third kappa shape index (κ3) is 7.93. The number of piperidine rings is 2. The number of amides is 4. The van der Waals surface area contributed by atoms with Crippen molar-refractivity contribution in [3.05, 3.63) is 89.0 Å². The molecule has 4 aliphatic rings. The van der Waals surface area contributed by atoms with Crippen molar-refractivity contribution in [3.63, 3.8) is 0 Å². The summed E-state index contributed by atoms with van der Waals surface area (Å²) in [5.74, 6) is 0.879. The molecule has 12 heteroatoms. The topological polar surface area (TPSA) is 129 Å². The fraction of sp³-hybridized carbons (Fsp3) is 0.463. The summed E-state index contributed by atoms with van der Waals surface area (Å²) in [7, 11) is 0. The molecule has 3 aromatic carbocycles. The largest absolute Gasteiger partial charge is 0.493 e. The summed E-state index contributed by atoms with van der Waals surface area (Å²) in [6.45, 7) is 10.1. The SMILES string of the molecule is CC(C)(c1ccc(OCC2CN(CC3CCN(c4ccc5c(c4)C(=O)N(C4CCC(=O)NC4=O)C5=O)CC3)C2)cc1)c1ccc(OC[C@H](O)CCl)cc1. The smallest absolute Gasteiger partial charge is 0.262 e. The third-order valence-electron chi connectivity index (χ3n) is 11.2. The lowest BCUT2D eigenvalue weighted by Crippen LogP contribution is -2.54. The summed E-state index contributed by atoms with van der Waals surface area (Å²) in [5.41, 5.74) is 3.68. The number of ether oxygens (including phenoxy) is 2. The number of carbonyl (C=O) groups is 4. The van der Waals surface area contributed by atoms with Crippen LogP contribution in [0.25, 0.3) is 0 Å². The molecule has 4 aliphatic heterocycles. The van der Waals surface area contributed by atoms with Gasteiger partial charge in [0.2, 0.25) is 11.8 Å². The van der Waals surface area contributed by atoms with Crippen LogP contribution in [0.3, 0.4) is 0 Å². The lowest BCUT2D eigenvalue weighted by atomic mass is 9.78. The number of alkyl halides is 1. The van der Waals surface area contributed by atoms with E-state index in [1.54, 1.807) is 12.1 Å². The third-order valence-corrected chi connectivity index (χ3v) is 11.6. The van der Waals surface area contributed by atoms with Crippen LogP contribution in [0.5, 0.6) is 11.5 Å². The van der Waals surface area contributed by atoms with E-state index >= 15 is 0 Å². The van der Waals surface area contributed by atoms with Crippen molar-refractivity contribution < 1.29 is 33.8 Å². The number of anilines is 1. The number of halogens is 1. The molecule has 53 heavy (non-hydrogen) atoms. The fourth-order valence-corrected chi connectivity index (χ4v) is 7.97. The number of nitrogens with one attached hydrogen (secondary N) is 1.